The molecule has 0 aromatic carbocycles. The Balaban J connectivity index is 1.98. The van der Waals surface area contributed by atoms with Gasteiger partial charge in [-0.05, 0) is 12.1 Å². The Morgan fingerprint density at radius 2 is 2.42 bits per heavy atom. The van der Waals surface area contributed by atoms with E-state index in [9.17, 15) is 0 Å². The fraction of sp³-hybridized carbons (Fsp3) is 0.462. The van der Waals surface area contributed by atoms with Gasteiger partial charge in [-0.3, -0.25) is 5.32 Å². The molecule has 2 rings (SSSR count). The van der Waals surface area contributed by atoms with Crippen LogP contribution in [0.2, 0.25) is 0 Å². The average Bonchev–Trinajstić information content (AvgIpc) is 3.06. The fourth-order valence-electron chi connectivity index (χ4n) is 1.87. The first-order chi connectivity index (χ1) is 9.33. The van der Waals surface area contributed by atoms with E-state index >= 15 is 0 Å². The van der Waals surface area contributed by atoms with Gasteiger partial charge < -0.3 is 18.8 Å². The van der Waals surface area contributed by atoms with Crippen molar-refractivity contribution in [2.75, 3.05) is 26.4 Å². The van der Waals surface area contributed by atoms with Gasteiger partial charge in [-0.1, -0.05) is 0 Å². The molecule has 2 aromatic heterocycles. The number of aryl methyl sites for hydroxylation is 1. The van der Waals surface area contributed by atoms with E-state index in [0.717, 1.165) is 11.6 Å². The average molecular weight is 265 g/mol. The summed E-state index contributed by atoms with van der Waals surface area (Å²) in [6.45, 7) is 1.58. The highest BCUT2D eigenvalue weighted by Crippen LogP contribution is 2.20. The Bertz CT molecular complexity index is 467. The van der Waals surface area contributed by atoms with E-state index in [0.29, 0.717) is 19.8 Å². The van der Waals surface area contributed by atoms with Crippen molar-refractivity contribution in [2.24, 2.45) is 7.05 Å². The number of nitrogens with zero attached hydrogens (tertiary/aromatic N) is 2. The lowest BCUT2D eigenvalue weighted by Crippen LogP contribution is -2.28. The number of hydrogen-bond acceptors (Lipinski definition) is 5. The molecule has 104 valence electrons. The molecular weight excluding hydrogens is 246 g/mol. The summed E-state index contributed by atoms with van der Waals surface area (Å²) in [7, 11) is 1.95. The predicted molar refractivity (Wildman–Crippen MR) is 69.7 cm³/mol. The van der Waals surface area contributed by atoms with E-state index in [-0.39, 0.29) is 12.6 Å². The lowest BCUT2D eigenvalue weighted by atomic mass is 10.2. The van der Waals surface area contributed by atoms with Gasteiger partial charge in [-0.2, -0.15) is 0 Å². The molecule has 0 aliphatic carbocycles. The minimum Gasteiger partial charge on any atom is -0.467 e. The first kappa shape index (κ1) is 13.8. The van der Waals surface area contributed by atoms with Gasteiger partial charge >= 0.3 is 0 Å². The number of rotatable bonds is 8. The summed E-state index contributed by atoms with van der Waals surface area (Å²) < 4.78 is 12.6. The summed E-state index contributed by atoms with van der Waals surface area (Å²) in [5.41, 5.74) is 0. The minimum atomic E-state index is -0.104. The highest BCUT2D eigenvalue weighted by molar-refractivity contribution is 5.15. The molecule has 6 heteroatoms. The molecule has 0 saturated carbocycles. The number of ether oxygens (including phenoxy) is 1. The van der Waals surface area contributed by atoms with Crippen LogP contribution in [0.3, 0.4) is 0 Å². The van der Waals surface area contributed by atoms with Gasteiger partial charge in [0.25, 0.3) is 0 Å². The number of hydrogen-bond donors (Lipinski definition) is 2. The van der Waals surface area contributed by atoms with Crippen LogP contribution in [0.25, 0.3) is 0 Å². The van der Waals surface area contributed by atoms with Crippen LogP contribution in [0.5, 0.6) is 0 Å². The van der Waals surface area contributed by atoms with E-state index in [4.69, 9.17) is 14.3 Å². The number of aliphatic hydroxyl groups is 1. The van der Waals surface area contributed by atoms with Crippen molar-refractivity contribution in [3.05, 3.63) is 42.4 Å². The zero-order valence-corrected chi connectivity index (χ0v) is 11.0. The summed E-state index contributed by atoms with van der Waals surface area (Å²) >= 11 is 0. The predicted octanol–water partition coefficient (Wildman–Crippen LogP) is 0.701. The second-order valence-electron chi connectivity index (χ2n) is 4.13. The Hall–Kier alpha value is -1.63. The monoisotopic (exact) mass is 265 g/mol. The van der Waals surface area contributed by atoms with E-state index in [2.05, 4.69) is 10.3 Å². The molecule has 0 radical (unpaired) electrons. The first-order valence-corrected chi connectivity index (χ1v) is 6.25. The summed E-state index contributed by atoms with van der Waals surface area (Å²) in [5.74, 6) is 1.70. The second-order valence-corrected chi connectivity index (χ2v) is 4.13. The van der Waals surface area contributed by atoms with Crippen molar-refractivity contribution >= 4 is 0 Å². The molecule has 2 aromatic rings. The van der Waals surface area contributed by atoms with Crippen LogP contribution in [-0.2, 0) is 11.8 Å². The zero-order valence-electron chi connectivity index (χ0n) is 11.0. The van der Waals surface area contributed by atoms with Gasteiger partial charge in [0.2, 0.25) is 0 Å². The molecule has 0 saturated heterocycles. The van der Waals surface area contributed by atoms with Crippen LogP contribution in [0.15, 0.2) is 35.2 Å². The molecule has 19 heavy (non-hydrogen) atoms. The van der Waals surface area contributed by atoms with Crippen molar-refractivity contribution in [3.63, 3.8) is 0 Å². The first-order valence-electron chi connectivity index (χ1n) is 6.25. The van der Waals surface area contributed by atoms with Crippen LogP contribution < -0.4 is 5.32 Å². The molecular formula is C13H19N3O3. The topological polar surface area (TPSA) is 72.5 Å². The largest absolute Gasteiger partial charge is 0.467 e. The Kier molecular flexibility index (Phi) is 5.14. The zero-order chi connectivity index (χ0) is 13.5. The van der Waals surface area contributed by atoms with Crippen molar-refractivity contribution in [1.82, 2.24) is 14.9 Å². The summed E-state index contributed by atoms with van der Waals surface area (Å²) in [5, 5.41) is 12.0. The molecule has 0 aliphatic rings. The number of aromatic nitrogens is 2. The molecule has 0 aliphatic heterocycles. The maximum Gasteiger partial charge on any atom is 0.133 e. The quantitative estimate of drug-likeness (QED) is 0.687. The van der Waals surface area contributed by atoms with E-state index in [1.807, 2.05) is 29.9 Å². The van der Waals surface area contributed by atoms with E-state index in [1.165, 1.54) is 0 Å². The summed E-state index contributed by atoms with van der Waals surface area (Å²) in [6.07, 6.45) is 5.31. The molecule has 6 nitrogen and oxygen atoms in total. The van der Waals surface area contributed by atoms with E-state index < -0.39 is 0 Å². The van der Waals surface area contributed by atoms with Crippen LogP contribution >= 0.6 is 0 Å². The maximum absolute atomic E-state index is 8.64. The molecule has 1 unspecified atom stereocenters. The third-order valence-electron chi connectivity index (χ3n) is 2.77. The Morgan fingerprint density at radius 3 is 3.05 bits per heavy atom. The van der Waals surface area contributed by atoms with Crippen molar-refractivity contribution in [1.29, 1.82) is 0 Å². The SMILES string of the molecule is Cn1ccnc1C(NCCOCCO)c1ccco1. The van der Waals surface area contributed by atoms with Gasteiger partial charge in [0.1, 0.15) is 17.6 Å². The van der Waals surface area contributed by atoms with Crippen LogP contribution in [0, 0.1) is 0 Å². The Morgan fingerprint density at radius 1 is 1.53 bits per heavy atom. The molecule has 2 N–H and O–H groups in total. The fourth-order valence-corrected chi connectivity index (χ4v) is 1.87. The standard InChI is InChI=1S/C13H19N3O3/c1-16-6-4-15-13(16)12(11-3-2-8-19-11)14-5-9-18-10-7-17/h2-4,6,8,12,14,17H,5,7,9-10H2,1H3. The Labute approximate surface area is 112 Å². The lowest BCUT2D eigenvalue weighted by Gasteiger charge is -2.16. The van der Waals surface area contributed by atoms with Crippen LogP contribution in [0.1, 0.15) is 17.6 Å². The molecule has 0 amide bonds. The van der Waals surface area contributed by atoms with Gasteiger partial charge in [-0.15, -0.1) is 0 Å². The van der Waals surface area contributed by atoms with Crippen molar-refractivity contribution < 1.29 is 14.3 Å². The van der Waals surface area contributed by atoms with Crippen molar-refractivity contribution in [3.8, 4) is 0 Å². The molecule has 1 atom stereocenters. The third-order valence-corrected chi connectivity index (χ3v) is 2.77. The minimum absolute atomic E-state index is 0.0426. The maximum atomic E-state index is 8.64. The molecule has 0 fully saturated rings. The molecule has 0 bridgehead atoms. The second kappa shape index (κ2) is 7.08. The van der Waals surface area contributed by atoms with Crippen molar-refractivity contribution in [2.45, 2.75) is 6.04 Å². The summed E-state index contributed by atoms with van der Waals surface area (Å²) in [6, 6.07) is 3.67. The highest BCUT2D eigenvalue weighted by Gasteiger charge is 2.19. The normalized spacial score (nSPS) is 12.7. The number of imidazole rings is 1. The van der Waals surface area contributed by atoms with Gasteiger partial charge in [0, 0.05) is 26.0 Å². The van der Waals surface area contributed by atoms with Gasteiger partial charge in [0.05, 0.1) is 26.1 Å². The smallest absolute Gasteiger partial charge is 0.133 e. The number of furan rings is 1. The molecule has 2 heterocycles. The number of nitrogens with one attached hydrogen (secondary N) is 1. The lowest BCUT2D eigenvalue weighted by molar-refractivity contribution is 0.0926. The van der Waals surface area contributed by atoms with E-state index in [1.54, 1.807) is 12.5 Å². The van der Waals surface area contributed by atoms with Crippen LogP contribution in [0.4, 0.5) is 0 Å². The van der Waals surface area contributed by atoms with Gasteiger partial charge in [-0.25, -0.2) is 4.98 Å². The van der Waals surface area contributed by atoms with Crippen LogP contribution in [-0.4, -0.2) is 41.0 Å². The third kappa shape index (κ3) is 3.66. The van der Waals surface area contributed by atoms with Gasteiger partial charge in [0.15, 0.2) is 0 Å². The summed E-state index contributed by atoms with van der Waals surface area (Å²) in [4.78, 5) is 4.35. The number of aliphatic hydroxyl groups excluding tert-OH is 1. The highest BCUT2D eigenvalue weighted by atomic mass is 16.5. The molecule has 0 spiro atoms.